The second-order valence-corrected chi connectivity index (χ2v) is 22.1. The molecule has 2 aliphatic heterocycles. The molecule has 48 heavy (non-hydrogen) atoms. The minimum absolute atomic E-state index is 1.29. The first-order chi connectivity index (χ1) is 23.3. The van der Waals surface area contributed by atoms with Crippen molar-refractivity contribution in [3.05, 3.63) is 179 Å². The van der Waals surface area contributed by atoms with Gasteiger partial charge >= 0.3 is 0 Å². The van der Waals surface area contributed by atoms with Crippen LogP contribution in [0.5, 0.6) is 0 Å². The molecule has 2 nitrogen and oxygen atoms in total. The maximum absolute atomic E-state index is 2.57. The molecule has 6 aromatic rings. The monoisotopic (exact) mass is 654 g/mol. The van der Waals surface area contributed by atoms with Crippen LogP contribution in [0.4, 0.5) is 0 Å². The molecular weight excluding hydrogens is 613 g/mol. The minimum Gasteiger partial charge on any atom is -0.322 e. The Bertz CT molecular complexity index is 2080. The van der Waals surface area contributed by atoms with Crippen molar-refractivity contribution >= 4 is 59.2 Å². The maximum atomic E-state index is 2.57. The van der Waals surface area contributed by atoms with E-state index in [1.807, 2.05) is 0 Å². The first kappa shape index (κ1) is 30.7. The summed E-state index contributed by atoms with van der Waals surface area (Å²) in [5, 5.41) is 8.89. The van der Waals surface area contributed by atoms with Gasteiger partial charge in [-0.15, -0.1) is 0 Å². The molecule has 0 amide bonds. The van der Waals surface area contributed by atoms with E-state index in [1.54, 1.807) is 0 Å². The zero-order valence-electron chi connectivity index (χ0n) is 28.8. The van der Waals surface area contributed by atoms with Crippen LogP contribution in [0.1, 0.15) is 33.4 Å². The van der Waals surface area contributed by atoms with Crippen molar-refractivity contribution in [1.82, 2.24) is 9.13 Å². The van der Waals surface area contributed by atoms with Crippen molar-refractivity contribution in [1.29, 1.82) is 0 Å². The standard InChI is InChI=1S/C44H42N2Si2/c1-45(2)47(5)37-29-27-36-40(32-21-13-8-14-22-32)44(34-25-17-10-18-26-34)48(6,46(3)4)38-30-28-35(41(37)42(36)38)39(31-19-11-7-12-20-31)43(47)33-23-15-9-16-24-33/h7-30H,1-6H3. The molecule has 0 spiro atoms. The van der Waals surface area contributed by atoms with Crippen LogP contribution in [0.15, 0.2) is 146 Å². The predicted molar refractivity (Wildman–Crippen MR) is 211 cm³/mol. The number of hydrogen-bond donors (Lipinski definition) is 0. The first-order valence-electron chi connectivity index (χ1n) is 17.0. The van der Waals surface area contributed by atoms with Crippen molar-refractivity contribution in [3.63, 3.8) is 0 Å². The van der Waals surface area contributed by atoms with Crippen LogP contribution in [0.2, 0.25) is 13.1 Å². The Labute approximate surface area is 287 Å². The van der Waals surface area contributed by atoms with Gasteiger partial charge in [-0.2, -0.15) is 0 Å². The summed E-state index contributed by atoms with van der Waals surface area (Å²) in [4.78, 5) is 0. The highest BCUT2D eigenvalue weighted by molar-refractivity contribution is 7.08. The molecule has 0 aromatic heterocycles. The largest absolute Gasteiger partial charge is 0.322 e. The van der Waals surface area contributed by atoms with Crippen molar-refractivity contribution in [2.24, 2.45) is 0 Å². The number of nitrogens with zero attached hydrogens (tertiary/aromatic N) is 2. The predicted octanol–water partition coefficient (Wildman–Crippen LogP) is 8.55. The SMILES string of the molecule is CN(C)[Si]1(C)C(c2ccccc2)=C(c2ccccc2)c2ccc3c4c(ccc1c24)C(c1ccccc1)=C(c1ccccc1)[Si]3(C)N(C)C. The summed E-state index contributed by atoms with van der Waals surface area (Å²) in [6, 6.07) is 54.6. The lowest BCUT2D eigenvalue weighted by atomic mass is 9.86. The van der Waals surface area contributed by atoms with E-state index < -0.39 is 16.5 Å². The quantitative estimate of drug-likeness (QED) is 0.166. The lowest BCUT2D eigenvalue weighted by Gasteiger charge is -2.46. The molecule has 6 aromatic carbocycles. The first-order valence-corrected chi connectivity index (χ1v) is 21.8. The second-order valence-electron chi connectivity index (χ2n) is 14.0. The molecule has 4 heteroatoms. The third-order valence-corrected chi connectivity index (χ3v) is 20.8. The van der Waals surface area contributed by atoms with Gasteiger partial charge in [-0.1, -0.05) is 146 Å². The van der Waals surface area contributed by atoms with Crippen molar-refractivity contribution in [2.75, 3.05) is 28.2 Å². The Balaban J connectivity index is 1.60. The van der Waals surface area contributed by atoms with Gasteiger partial charge in [-0.25, -0.2) is 0 Å². The summed E-state index contributed by atoms with van der Waals surface area (Å²) >= 11 is 0. The summed E-state index contributed by atoms with van der Waals surface area (Å²) in [6.07, 6.45) is 0. The molecular formula is C44H42N2Si2. The Morgan fingerprint density at radius 3 is 0.938 bits per heavy atom. The van der Waals surface area contributed by atoms with Gasteiger partial charge in [0.2, 0.25) is 0 Å². The normalized spacial score (nSPS) is 20.2. The lowest BCUT2D eigenvalue weighted by molar-refractivity contribution is 0.640. The Hall–Kier alpha value is -4.59. The topological polar surface area (TPSA) is 6.48 Å². The fraction of sp³-hybridized carbons (Fsp3) is 0.136. The highest BCUT2D eigenvalue weighted by Gasteiger charge is 2.49. The van der Waals surface area contributed by atoms with Gasteiger partial charge in [0.1, 0.15) is 0 Å². The number of benzene rings is 6. The molecule has 2 unspecified atom stereocenters. The van der Waals surface area contributed by atoms with Gasteiger partial charge < -0.3 is 9.13 Å². The van der Waals surface area contributed by atoms with E-state index in [0.29, 0.717) is 0 Å². The Morgan fingerprint density at radius 1 is 0.354 bits per heavy atom. The summed E-state index contributed by atoms with van der Waals surface area (Å²) in [5.41, 5.74) is 10.7. The number of hydrogen-bond acceptors (Lipinski definition) is 2. The molecule has 236 valence electrons. The third kappa shape index (κ3) is 4.30. The van der Waals surface area contributed by atoms with Gasteiger partial charge in [0.25, 0.3) is 0 Å². The highest BCUT2D eigenvalue weighted by atomic mass is 28.3. The van der Waals surface area contributed by atoms with Crippen molar-refractivity contribution in [2.45, 2.75) is 13.1 Å². The summed E-state index contributed by atoms with van der Waals surface area (Å²) in [6.45, 7) is 5.14. The van der Waals surface area contributed by atoms with Crippen LogP contribution >= 0.6 is 0 Å². The third-order valence-electron chi connectivity index (χ3n) is 11.3. The van der Waals surface area contributed by atoms with Crippen LogP contribution in [0, 0.1) is 0 Å². The van der Waals surface area contributed by atoms with E-state index in [9.17, 15) is 0 Å². The van der Waals surface area contributed by atoms with Crippen molar-refractivity contribution < 1.29 is 0 Å². The average Bonchev–Trinajstić information content (AvgIpc) is 3.12. The molecule has 0 N–H and O–H groups in total. The summed E-state index contributed by atoms with van der Waals surface area (Å²) < 4.78 is 5.14. The van der Waals surface area contributed by atoms with E-state index in [4.69, 9.17) is 0 Å². The van der Waals surface area contributed by atoms with E-state index >= 15 is 0 Å². The van der Waals surface area contributed by atoms with Crippen LogP contribution < -0.4 is 10.4 Å². The molecule has 0 radical (unpaired) electrons. The second kappa shape index (κ2) is 11.5. The zero-order valence-corrected chi connectivity index (χ0v) is 30.8. The van der Waals surface area contributed by atoms with Crippen molar-refractivity contribution in [3.8, 4) is 0 Å². The fourth-order valence-electron chi connectivity index (χ4n) is 8.55. The molecule has 0 saturated heterocycles. The molecule has 0 aliphatic carbocycles. The van der Waals surface area contributed by atoms with E-state index in [2.05, 4.69) is 196 Å². The fourth-order valence-corrected chi connectivity index (χ4v) is 16.2. The van der Waals surface area contributed by atoms with Gasteiger partial charge in [-0.05, 0) is 117 Å². The smallest absolute Gasteiger partial charge is 0.190 e. The van der Waals surface area contributed by atoms with Crippen LogP contribution in [-0.2, 0) is 0 Å². The molecule has 0 fully saturated rings. The lowest BCUT2D eigenvalue weighted by Crippen LogP contribution is -2.62. The molecule has 8 rings (SSSR count). The Kier molecular flexibility index (Phi) is 7.38. The van der Waals surface area contributed by atoms with Crippen LogP contribution in [0.25, 0.3) is 32.3 Å². The highest BCUT2D eigenvalue weighted by Crippen LogP contribution is 2.50. The molecule has 2 atom stereocenters. The average molecular weight is 655 g/mol. The van der Waals surface area contributed by atoms with E-state index in [1.165, 1.54) is 76.1 Å². The van der Waals surface area contributed by atoms with E-state index in [0.717, 1.165) is 0 Å². The Morgan fingerprint density at radius 2 is 0.646 bits per heavy atom. The van der Waals surface area contributed by atoms with Gasteiger partial charge in [-0.3, -0.25) is 0 Å². The van der Waals surface area contributed by atoms with Crippen LogP contribution in [-0.4, -0.2) is 53.8 Å². The summed E-state index contributed by atoms with van der Waals surface area (Å²) in [7, 11) is 4.28. The molecule has 0 saturated carbocycles. The number of rotatable bonds is 6. The summed E-state index contributed by atoms with van der Waals surface area (Å²) in [5.74, 6) is 0. The molecule has 0 bridgehead atoms. The minimum atomic E-state index is -2.47. The van der Waals surface area contributed by atoms with Gasteiger partial charge in [0.15, 0.2) is 16.5 Å². The van der Waals surface area contributed by atoms with Crippen LogP contribution in [0.3, 0.4) is 0 Å². The zero-order chi connectivity index (χ0) is 33.2. The van der Waals surface area contributed by atoms with Gasteiger partial charge in [0, 0.05) is 0 Å². The maximum Gasteiger partial charge on any atom is 0.190 e. The molecule has 2 aliphatic rings. The van der Waals surface area contributed by atoms with Gasteiger partial charge in [0.05, 0.1) is 0 Å². The molecule has 2 heterocycles. The van der Waals surface area contributed by atoms with E-state index in [-0.39, 0.29) is 0 Å².